The zero-order valence-electron chi connectivity index (χ0n) is 12.5. The predicted molar refractivity (Wildman–Crippen MR) is 82.5 cm³/mol. The van der Waals surface area contributed by atoms with Crippen LogP contribution in [0.2, 0.25) is 0 Å². The summed E-state index contributed by atoms with van der Waals surface area (Å²) in [6, 6.07) is 15.4. The Morgan fingerprint density at radius 1 is 1.15 bits per heavy atom. The van der Waals surface area contributed by atoms with Crippen molar-refractivity contribution < 1.29 is 0 Å². The number of aromatic nitrogens is 1. The number of pyridine rings is 1. The molecule has 1 N–H and O–H groups in total. The molecule has 0 saturated heterocycles. The number of aryl methyl sites for hydroxylation is 1. The van der Waals surface area contributed by atoms with Gasteiger partial charge in [0.25, 0.3) is 0 Å². The Labute approximate surface area is 121 Å². The van der Waals surface area contributed by atoms with Crippen molar-refractivity contribution in [3.05, 3.63) is 65.0 Å². The fourth-order valence-corrected chi connectivity index (χ4v) is 3.28. The summed E-state index contributed by atoms with van der Waals surface area (Å²) in [6.07, 6.45) is 1.14. The van der Waals surface area contributed by atoms with Crippen LogP contribution in [0, 0.1) is 12.3 Å². The van der Waals surface area contributed by atoms with Crippen molar-refractivity contribution >= 4 is 0 Å². The minimum Gasteiger partial charge on any atom is -0.304 e. The van der Waals surface area contributed by atoms with Gasteiger partial charge in [0, 0.05) is 18.3 Å². The zero-order chi connectivity index (χ0) is 14.2. The number of hydrogen-bond acceptors (Lipinski definition) is 2. The summed E-state index contributed by atoms with van der Waals surface area (Å²) < 4.78 is 0. The first kappa shape index (κ1) is 13.3. The average Bonchev–Trinajstić information content (AvgIpc) is 2.66. The molecule has 0 spiro atoms. The van der Waals surface area contributed by atoms with Crippen molar-refractivity contribution in [2.75, 3.05) is 0 Å². The molecule has 3 rings (SSSR count). The minimum atomic E-state index is 0.257. The van der Waals surface area contributed by atoms with Crippen LogP contribution in [0.15, 0.2) is 42.5 Å². The van der Waals surface area contributed by atoms with Crippen LogP contribution >= 0.6 is 0 Å². The quantitative estimate of drug-likeness (QED) is 0.914. The molecule has 0 fully saturated rings. The van der Waals surface area contributed by atoms with Crippen molar-refractivity contribution in [1.29, 1.82) is 0 Å². The maximum atomic E-state index is 4.58. The number of fused-ring (bicyclic) bond motifs is 1. The molecule has 1 atom stereocenters. The van der Waals surface area contributed by atoms with Crippen LogP contribution in [0.3, 0.4) is 0 Å². The summed E-state index contributed by atoms with van der Waals surface area (Å²) >= 11 is 0. The molecule has 0 aliphatic heterocycles. The Balaban J connectivity index is 1.80. The molecule has 0 amide bonds. The third kappa shape index (κ3) is 2.48. The van der Waals surface area contributed by atoms with Gasteiger partial charge in [-0.1, -0.05) is 44.2 Å². The molecule has 104 valence electrons. The Morgan fingerprint density at radius 3 is 2.75 bits per heavy atom. The first-order valence-corrected chi connectivity index (χ1v) is 7.30. The molecule has 0 radical (unpaired) electrons. The number of rotatable bonds is 3. The summed E-state index contributed by atoms with van der Waals surface area (Å²) in [5, 5.41) is 3.71. The molecule has 2 nitrogen and oxygen atoms in total. The van der Waals surface area contributed by atoms with Gasteiger partial charge in [0.1, 0.15) is 0 Å². The van der Waals surface area contributed by atoms with Gasteiger partial charge in [-0.3, -0.25) is 4.98 Å². The summed E-state index contributed by atoms with van der Waals surface area (Å²) in [6.45, 7) is 7.55. The van der Waals surface area contributed by atoms with Crippen molar-refractivity contribution in [3.8, 4) is 0 Å². The van der Waals surface area contributed by atoms with E-state index in [0.717, 1.165) is 24.4 Å². The van der Waals surface area contributed by atoms with Crippen LogP contribution in [0.25, 0.3) is 0 Å². The van der Waals surface area contributed by atoms with Gasteiger partial charge in [0.05, 0.1) is 5.69 Å². The Bertz CT molecular complexity index is 616. The lowest BCUT2D eigenvalue weighted by atomic mass is 9.85. The topological polar surface area (TPSA) is 24.9 Å². The third-order valence-electron chi connectivity index (χ3n) is 4.23. The van der Waals surface area contributed by atoms with Crippen LogP contribution in [0.4, 0.5) is 0 Å². The average molecular weight is 266 g/mol. The molecule has 0 saturated carbocycles. The lowest BCUT2D eigenvalue weighted by Gasteiger charge is -2.28. The van der Waals surface area contributed by atoms with Gasteiger partial charge in [-0.2, -0.15) is 0 Å². The molecule has 0 bridgehead atoms. The maximum absolute atomic E-state index is 4.58. The van der Waals surface area contributed by atoms with E-state index < -0.39 is 0 Å². The monoisotopic (exact) mass is 266 g/mol. The largest absolute Gasteiger partial charge is 0.304 e. The van der Waals surface area contributed by atoms with E-state index in [2.05, 4.69) is 60.5 Å². The van der Waals surface area contributed by atoms with E-state index in [1.165, 1.54) is 11.1 Å². The second-order valence-corrected chi connectivity index (χ2v) is 6.45. The smallest absolute Gasteiger partial charge is 0.0545 e. The van der Waals surface area contributed by atoms with Crippen LogP contribution in [-0.2, 0) is 13.0 Å². The van der Waals surface area contributed by atoms with E-state index in [9.17, 15) is 0 Å². The SMILES string of the molecule is Cc1cccc(CNC2c3ccccc3CC2(C)C)n1. The van der Waals surface area contributed by atoms with Crippen molar-refractivity contribution in [3.63, 3.8) is 0 Å². The van der Waals surface area contributed by atoms with Crippen molar-refractivity contribution in [2.24, 2.45) is 5.41 Å². The maximum Gasteiger partial charge on any atom is 0.0545 e. The van der Waals surface area contributed by atoms with Gasteiger partial charge in [-0.25, -0.2) is 0 Å². The third-order valence-corrected chi connectivity index (χ3v) is 4.23. The highest BCUT2D eigenvalue weighted by Gasteiger charge is 2.38. The molecular weight excluding hydrogens is 244 g/mol. The van der Waals surface area contributed by atoms with Gasteiger partial charge < -0.3 is 5.32 Å². The molecule has 2 aromatic rings. The van der Waals surface area contributed by atoms with E-state index in [0.29, 0.717) is 6.04 Å². The molecule has 1 aliphatic carbocycles. The van der Waals surface area contributed by atoms with Gasteiger partial charge in [-0.15, -0.1) is 0 Å². The zero-order valence-corrected chi connectivity index (χ0v) is 12.5. The Kier molecular flexibility index (Phi) is 3.35. The van der Waals surface area contributed by atoms with E-state index in [-0.39, 0.29) is 5.41 Å². The lowest BCUT2D eigenvalue weighted by Crippen LogP contribution is -2.31. The molecule has 1 aliphatic rings. The fourth-order valence-electron chi connectivity index (χ4n) is 3.28. The standard InChI is InChI=1S/C18H22N2/c1-13-7-6-9-15(20-13)12-19-17-16-10-5-4-8-14(16)11-18(17,2)3/h4-10,17,19H,11-12H2,1-3H3. The predicted octanol–water partition coefficient (Wildman–Crippen LogP) is 3.80. The highest BCUT2D eigenvalue weighted by Crippen LogP contribution is 2.44. The lowest BCUT2D eigenvalue weighted by molar-refractivity contribution is 0.267. The van der Waals surface area contributed by atoms with E-state index in [4.69, 9.17) is 0 Å². The summed E-state index contributed by atoms with van der Waals surface area (Å²) in [4.78, 5) is 4.58. The molecule has 1 aromatic heterocycles. The number of nitrogens with zero attached hydrogens (tertiary/aromatic N) is 1. The van der Waals surface area contributed by atoms with Gasteiger partial charge in [0.15, 0.2) is 0 Å². The highest BCUT2D eigenvalue weighted by atomic mass is 15.0. The normalized spacial score (nSPS) is 19.9. The summed E-state index contributed by atoms with van der Waals surface area (Å²) in [5.41, 5.74) is 5.38. The minimum absolute atomic E-state index is 0.257. The second kappa shape index (κ2) is 5.02. The molecule has 1 heterocycles. The van der Waals surface area contributed by atoms with Gasteiger partial charge in [-0.05, 0) is 42.0 Å². The van der Waals surface area contributed by atoms with E-state index in [1.54, 1.807) is 0 Å². The van der Waals surface area contributed by atoms with E-state index in [1.807, 2.05) is 13.0 Å². The van der Waals surface area contributed by atoms with Gasteiger partial charge in [0.2, 0.25) is 0 Å². The van der Waals surface area contributed by atoms with Crippen molar-refractivity contribution in [1.82, 2.24) is 10.3 Å². The summed E-state index contributed by atoms with van der Waals surface area (Å²) in [5.74, 6) is 0. The molecule has 2 heteroatoms. The van der Waals surface area contributed by atoms with Crippen LogP contribution in [-0.4, -0.2) is 4.98 Å². The Morgan fingerprint density at radius 2 is 1.95 bits per heavy atom. The fraction of sp³-hybridized carbons (Fsp3) is 0.389. The molecular formula is C18H22N2. The number of hydrogen-bond donors (Lipinski definition) is 1. The van der Waals surface area contributed by atoms with Crippen LogP contribution in [0.5, 0.6) is 0 Å². The molecule has 1 aromatic carbocycles. The first-order valence-electron chi connectivity index (χ1n) is 7.30. The molecule has 20 heavy (non-hydrogen) atoms. The van der Waals surface area contributed by atoms with Gasteiger partial charge >= 0.3 is 0 Å². The molecule has 1 unspecified atom stereocenters. The summed E-state index contributed by atoms with van der Waals surface area (Å²) in [7, 11) is 0. The van der Waals surface area contributed by atoms with Crippen molar-refractivity contribution in [2.45, 2.75) is 39.8 Å². The second-order valence-electron chi connectivity index (χ2n) is 6.45. The first-order chi connectivity index (χ1) is 9.56. The van der Waals surface area contributed by atoms with Crippen LogP contribution in [0.1, 0.15) is 42.4 Å². The van der Waals surface area contributed by atoms with E-state index >= 15 is 0 Å². The Hall–Kier alpha value is -1.67. The highest BCUT2D eigenvalue weighted by molar-refractivity contribution is 5.37. The number of benzene rings is 1. The van der Waals surface area contributed by atoms with Crippen LogP contribution < -0.4 is 5.32 Å². The number of nitrogens with one attached hydrogen (secondary N) is 1.